The Hall–Kier alpha value is -3.21. The zero-order valence-electron chi connectivity index (χ0n) is 13.8. The summed E-state index contributed by atoms with van der Waals surface area (Å²) in [5.74, 6) is 0.0684. The fraction of sp³-hybridized carbons (Fsp3) is 0.222. The van der Waals surface area contributed by atoms with Crippen LogP contribution in [0.2, 0.25) is 0 Å². The second-order valence-electron chi connectivity index (χ2n) is 5.12. The Balaban J connectivity index is 1.98. The van der Waals surface area contributed by atoms with Crippen molar-refractivity contribution in [1.82, 2.24) is 0 Å². The molecule has 2 aromatic rings. The lowest BCUT2D eigenvalue weighted by atomic mass is 10.2. The first-order chi connectivity index (χ1) is 12.3. The summed E-state index contributed by atoms with van der Waals surface area (Å²) in [5, 5.41) is 11.3. The predicted octanol–water partition coefficient (Wildman–Crippen LogP) is 3.99. The highest BCUT2D eigenvalue weighted by Gasteiger charge is 2.29. The normalized spacial score (nSPS) is 10.7. The average Bonchev–Trinajstić information content (AvgIpc) is 2.60. The molecule has 0 aromatic heterocycles. The van der Waals surface area contributed by atoms with E-state index in [0.29, 0.717) is 17.9 Å². The summed E-state index contributed by atoms with van der Waals surface area (Å²) >= 11 is 0. The zero-order valence-corrected chi connectivity index (χ0v) is 13.8. The molecule has 0 atom stereocenters. The van der Waals surface area contributed by atoms with E-state index in [2.05, 4.69) is 5.32 Å². The molecule has 0 unspecified atom stereocenters. The van der Waals surface area contributed by atoms with Crippen LogP contribution in [-0.2, 0) is 11.0 Å². The van der Waals surface area contributed by atoms with Crippen molar-refractivity contribution >= 4 is 11.6 Å². The lowest BCUT2D eigenvalue weighted by molar-refractivity contribution is -0.137. The van der Waals surface area contributed by atoms with E-state index in [1.807, 2.05) is 6.07 Å². The molecule has 0 spiro atoms. The quantitative estimate of drug-likeness (QED) is 0.841. The number of benzene rings is 2. The van der Waals surface area contributed by atoms with Crippen molar-refractivity contribution in [1.29, 1.82) is 5.26 Å². The Morgan fingerprint density at radius 1 is 1.12 bits per heavy atom. The molecule has 0 saturated heterocycles. The van der Waals surface area contributed by atoms with Crippen molar-refractivity contribution in [2.75, 3.05) is 18.5 Å². The molecular weight excluding hydrogens is 349 g/mol. The van der Waals surface area contributed by atoms with Gasteiger partial charge in [-0.2, -0.15) is 18.4 Å². The number of halogens is 3. The van der Waals surface area contributed by atoms with E-state index in [9.17, 15) is 18.0 Å². The van der Waals surface area contributed by atoms with Crippen LogP contribution in [0.1, 0.15) is 18.1 Å². The van der Waals surface area contributed by atoms with Gasteiger partial charge in [0.15, 0.2) is 18.1 Å². The predicted molar refractivity (Wildman–Crippen MR) is 87.9 cm³/mol. The summed E-state index contributed by atoms with van der Waals surface area (Å²) in [5.41, 5.74) is -0.197. The van der Waals surface area contributed by atoms with Gasteiger partial charge in [-0.25, -0.2) is 0 Å². The van der Waals surface area contributed by atoms with Gasteiger partial charge in [-0.1, -0.05) is 0 Å². The van der Waals surface area contributed by atoms with Crippen molar-refractivity contribution in [3.8, 4) is 17.6 Å². The maximum absolute atomic E-state index is 12.5. The molecule has 0 aliphatic heterocycles. The van der Waals surface area contributed by atoms with E-state index in [4.69, 9.17) is 14.7 Å². The molecule has 5 nitrogen and oxygen atoms in total. The van der Waals surface area contributed by atoms with Crippen LogP contribution in [0.3, 0.4) is 0 Å². The van der Waals surface area contributed by atoms with Gasteiger partial charge in [0.1, 0.15) is 0 Å². The third-order valence-corrected chi connectivity index (χ3v) is 3.23. The van der Waals surface area contributed by atoms with Crippen molar-refractivity contribution in [2.45, 2.75) is 13.1 Å². The van der Waals surface area contributed by atoms with E-state index < -0.39 is 17.6 Å². The molecule has 0 saturated carbocycles. The Bertz CT molecular complexity index is 812. The molecule has 2 rings (SSSR count). The Morgan fingerprint density at radius 2 is 1.81 bits per heavy atom. The molecule has 1 amide bonds. The topological polar surface area (TPSA) is 71.3 Å². The minimum atomic E-state index is -4.43. The number of carbonyl (C=O) groups is 1. The third-order valence-electron chi connectivity index (χ3n) is 3.23. The highest BCUT2D eigenvalue weighted by molar-refractivity contribution is 5.91. The largest absolute Gasteiger partial charge is 0.490 e. The fourth-order valence-corrected chi connectivity index (χ4v) is 2.05. The zero-order chi connectivity index (χ0) is 19.2. The van der Waals surface area contributed by atoms with Crippen LogP contribution in [0.5, 0.6) is 11.5 Å². The van der Waals surface area contributed by atoms with Crippen LogP contribution in [-0.4, -0.2) is 19.1 Å². The van der Waals surface area contributed by atoms with Gasteiger partial charge in [0.05, 0.1) is 23.8 Å². The molecule has 1 N–H and O–H groups in total. The van der Waals surface area contributed by atoms with Crippen molar-refractivity contribution in [2.24, 2.45) is 0 Å². The number of hydrogen-bond donors (Lipinski definition) is 1. The summed E-state index contributed by atoms with van der Waals surface area (Å²) in [6, 6.07) is 10.6. The van der Waals surface area contributed by atoms with Gasteiger partial charge < -0.3 is 14.8 Å². The number of amides is 1. The molecule has 0 fully saturated rings. The van der Waals surface area contributed by atoms with Gasteiger partial charge >= 0.3 is 6.18 Å². The number of nitrogens with one attached hydrogen (secondary N) is 1. The van der Waals surface area contributed by atoms with Gasteiger partial charge in [0, 0.05) is 11.8 Å². The summed E-state index contributed by atoms with van der Waals surface area (Å²) in [6.45, 7) is 1.75. The molecule has 2 aromatic carbocycles. The highest BCUT2D eigenvalue weighted by Crippen LogP contribution is 2.30. The minimum Gasteiger partial charge on any atom is -0.490 e. The number of alkyl halides is 3. The first-order valence-electron chi connectivity index (χ1n) is 7.60. The number of nitriles is 1. The van der Waals surface area contributed by atoms with E-state index in [0.717, 1.165) is 24.3 Å². The molecule has 0 aliphatic carbocycles. The monoisotopic (exact) mass is 364 g/mol. The third kappa shape index (κ3) is 5.14. The molecule has 0 heterocycles. The first-order valence-corrected chi connectivity index (χ1v) is 7.60. The smallest absolute Gasteiger partial charge is 0.416 e. The molecule has 0 aliphatic rings. The summed E-state index contributed by atoms with van der Waals surface area (Å²) < 4.78 is 48.3. The maximum Gasteiger partial charge on any atom is 0.416 e. The number of rotatable bonds is 6. The van der Waals surface area contributed by atoms with Crippen LogP contribution >= 0.6 is 0 Å². The molecule has 136 valence electrons. The maximum atomic E-state index is 12.5. The van der Waals surface area contributed by atoms with E-state index in [-0.39, 0.29) is 18.0 Å². The number of hydrogen-bond acceptors (Lipinski definition) is 4. The Labute approximate surface area is 148 Å². The minimum absolute atomic E-state index is 0.219. The van der Waals surface area contributed by atoms with Crippen LogP contribution in [0.4, 0.5) is 18.9 Å². The van der Waals surface area contributed by atoms with Crippen LogP contribution in [0.15, 0.2) is 42.5 Å². The van der Waals surface area contributed by atoms with Gasteiger partial charge in [0.25, 0.3) is 5.91 Å². The summed E-state index contributed by atoms with van der Waals surface area (Å²) in [4.78, 5) is 11.9. The van der Waals surface area contributed by atoms with Crippen LogP contribution in [0, 0.1) is 11.3 Å². The van der Waals surface area contributed by atoms with E-state index in [1.165, 1.54) is 18.2 Å². The lowest BCUT2D eigenvalue weighted by Crippen LogP contribution is -2.20. The van der Waals surface area contributed by atoms with Gasteiger partial charge in [-0.05, 0) is 43.3 Å². The van der Waals surface area contributed by atoms with Crippen molar-refractivity contribution in [3.05, 3.63) is 53.6 Å². The SMILES string of the molecule is CCOc1cc(C#N)ccc1OCC(=O)Nc1ccc(C(F)(F)F)cc1. The number of anilines is 1. The Morgan fingerprint density at radius 3 is 2.38 bits per heavy atom. The van der Waals surface area contributed by atoms with Gasteiger partial charge in [0.2, 0.25) is 0 Å². The number of ether oxygens (including phenoxy) is 2. The second kappa shape index (κ2) is 8.25. The van der Waals surface area contributed by atoms with Crippen LogP contribution < -0.4 is 14.8 Å². The highest BCUT2D eigenvalue weighted by atomic mass is 19.4. The first kappa shape index (κ1) is 19.1. The molecule has 0 radical (unpaired) electrons. The fourth-order valence-electron chi connectivity index (χ4n) is 2.05. The second-order valence-corrected chi connectivity index (χ2v) is 5.12. The number of carbonyl (C=O) groups excluding carboxylic acids is 1. The van der Waals surface area contributed by atoms with Crippen molar-refractivity contribution in [3.63, 3.8) is 0 Å². The molecular formula is C18H15F3N2O3. The Kier molecular flexibility index (Phi) is 6.07. The molecule has 0 bridgehead atoms. The van der Waals surface area contributed by atoms with Crippen LogP contribution in [0.25, 0.3) is 0 Å². The summed E-state index contributed by atoms with van der Waals surface area (Å²) in [7, 11) is 0. The lowest BCUT2D eigenvalue weighted by Gasteiger charge is -2.12. The van der Waals surface area contributed by atoms with E-state index in [1.54, 1.807) is 6.92 Å². The standard InChI is InChI=1S/C18H15F3N2O3/c1-2-25-16-9-12(10-22)3-8-15(16)26-11-17(24)23-14-6-4-13(5-7-14)18(19,20)21/h3-9H,2,11H2,1H3,(H,23,24). The molecule has 8 heteroatoms. The molecule has 26 heavy (non-hydrogen) atoms. The van der Waals surface area contributed by atoms with Gasteiger partial charge in [-0.3, -0.25) is 4.79 Å². The van der Waals surface area contributed by atoms with Crippen molar-refractivity contribution < 1.29 is 27.4 Å². The average molecular weight is 364 g/mol. The van der Waals surface area contributed by atoms with Gasteiger partial charge in [-0.15, -0.1) is 0 Å². The number of nitrogens with zero attached hydrogens (tertiary/aromatic N) is 1. The van der Waals surface area contributed by atoms with E-state index >= 15 is 0 Å². The summed E-state index contributed by atoms with van der Waals surface area (Å²) in [6.07, 6.45) is -4.43.